The number of anilines is 1. The number of nitrogens with zero attached hydrogens (tertiary/aromatic N) is 3. The van der Waals surface area contributed by atoms with Crippen molar-refractivity contribution in [2.24, 2.45) is 11.8 Å². The molecule has 3 heterocycles. The summed E-state index contributed by atoms with van der Waals surface area (Å²) in [6, 6.07) is 13.1. The Kier molecular flexibility index (Phi) is 8.37. The predicted molar refractivity (Wildman–Crippen MR) is 164 cm³/mol. The number of aliphatic hydroxyl groups excluding tert-OH is 1. The highest BCUT2D eigenvalue weighted by Gasteiger charge is 2.74. The number of likely N-dealkylation sites (N-methyl/N-ethyl adjacent to an activating group) is 1. The Morgan fingerprint density at radius 2 is 1.85 bits per heavy atom. The van der Waals surface area contributed by atoms with Crippen LogP contribution in [0.5, 0.6) is 0 Å². The number of hydrogen-bond donors (Lipinski definition) is 1. The van der Waals surface area contributed by atoms with Gasteiger partial charge in [0.25, 0.3) is 5.91 Å². The van der Waals surface area contributed by atoms with Crippen molar-refractivity contribution in [1.29, 1.82) is 0 Å². The molecule has 2 bridgehead atoms. The Labute approximate surface area is 250 Å². The first-order chi connectivity index (χ1) is 19.7. The summed E-state index contributed by atoms with van der Waals surface area (Å²) in [6.45, 7) is 9.74. The summed E-state index contributed by atoms with van der Waals surface area (Å²) in [4.78, 5) is 48.1. The maximum atomic E-state index is 14.9. The third-order valence-corrected chi connectivity index (χ3v) is 11.0. The Morgan fingerprint density at radius 3 is 2.49 bits per heavy atom. The number of para-hydroxylation sites is 1. The topological polar surface area (TPSA) is 81.2 Å². The number of halogens is 1. The summed E-state index contributed by atoms with van der Waals surface area (Å²) in [6.07, 6.45) is 4.66. The van der Waals surface area contributed by atoms with E-state index in [1.165, 1.54) is 0 Å². The lowest BCUT2D eigenvalue weighted by Gasteiger charge is -2.40. The van der Waals surface area contributed by atoms with Crippen LogP contribution >= 0.6 is 23.4 Å². The minimum Gasteiger partial charge on any atom is -0.394 e. The molecule has 2 unspecified atom stereocenters. The molecule has 0 saturated carbocycles. The van der Waals surface area contributed by atoms with Gasteiger partial charge in [-0.25, -0.2) is 0 Å². The number of hydrogen-bond acceptors (Lipinski definition) is 5. The molecule has 1 spiro atoms. The highest BCUT2D eigenvalue weighted by molar-refractivity contribution is 8.02. The zero-order valence-electron chi connectivity index (χ0n) is 23.4. The molecular weight excluding hydrogens is 558 g/mol. The summed E-state index contributed by atoms with van der Waals surface area (Å²) >= 11 is 8.27. The molecule has 1 N–H and O–H groups in total. The largest absolute Gasteiger partial charge is 0.394 e. The highest BCUT2D eigenvalue weighted by atomic mass is 35.5. The average Bonchev–Trinajstić information content (AvgIpc) is 3.60. The van der Waals surface area contributed by atoms with Crippen molar-refractivity contribution < 1.29 is 19.5 Å². The van der Waals surface area contributed by atoms with Gasteiger partial charge in [0.15, 0.2) is 0 Å². The van der Waals surface area contributed by atoms with Gasteiger partial charge in [-0.15, -0.1) is 24.9 Å². The van der Waals surface area contributed by atoms with Gasteiger partial charge in [0, 0.05) is 25.4 Å². The normalized spacial score (nSPS) is 26.9. The van der Waals surface area contributed by atoms with Gasteiger partial charge in [-0.2, -0.15) is 0 Å². The molecule has 6 atom stereocenters. The van der Waals surface area contributed by atoms with Crippen LogP contribution in [0.2, 0.25) is 5.02 Å². The summed E-state index contributed by atoms with van der Waals surface area (Å²) < 4.78 is -0.815. The lowest BCUT2D eigenvalue weighted by Crippen LogP contribution is -2.56. The van der Waals surface area contributed by atoms with E-state index in [-0.39, 0.29) is 36.1 Å². The fourth-order valence-corrected chi connectivity index (χ4v) is 9.60. The van der Waals surface area contributed by atoms with Crippen LogP contribution in [-0.2, 0) is 14.4 Å². The predicted octanol–water partition coefficient (Wildman–Crippen LogP) is 4.64. The number of aryl methyl sites for hydroxylation is 1. The lowest BCUT2D eigenvalue weighted by atomic mass is 9.70. The van der Waals surface area contributed by atoms with Crippen molar-refractivity contribution in [3.05, 3.63) is 90.0 Å². The van der Waals surface area contributed by atoms with Crippen LogP contribution in [0, 0.1) is 18.8 Å². The van der Waals surface area contributed by atoms with Crippen molar-refractivity contribution in [2.45, 2.75) is 41.8 Å². The van der Waals surface area contributed by atoms with E-state index in [1.807, 2.05) is 49.4 Å². The number of carbonyl (C=O) groups excluding carboxylic acids is 3. The fourth-order valence-electron chi connectivity index (χ4n) is 7.09. The quantitative estimate of drug-likeness (QED) is 0.406. The number of likely N-dealkylation sites (tertiary alicyclic amines) is 1. The van der Waals surface area contributed by atoms with Crippen LogP contribution < -0.4 is 4.90 Å². The van der Waals surface area contributed by atoms with Gasteiger partial charge < -0.3 is 19.8 Å². The number of aliphatic hydroxyl groups is 1. The first-order valence-corrected chi connectivity index (χ1v) is 15.2. The Morgan fingerprint density at radius 1 is 1.15 bits per heavy atom. The Hall–Kier alpha value is -3.07. The molecule has 2 aromatic rings. The van der Waals surface area contributed by atoms with Crippen LogP contribution in [0.25, 0.3) is 0 Å². The van der Waals surface area contributed by atoms with Crippen molar-refractivity contribution in [1.82, 2.24) is 9.80 Å². The molecule has 3 fully saturated rings. The molecule has 3 amide bonds. The third-order valence-electron chi connectivity index (χ3n) is 8.77. The molecule has 5 rings (SSSR count). The van der Waals surface area contributed by atoms with Gasteiger partial charge in [0.1, 0.15) is 6.04 Å². The Bertz CT molecular complexity index is 1350. The lowest BCUT2D eigenvalue weighted by molar-refractivity contribution is -0.145. The monoisotopic (exact) mass is 593 g/mol. The smallest absolute Gasteiger partial charge is 0.251 e. The van der Waals surface area contributed by atoms with E-state index < -0.39 is 28.7 Å². The summed E-state index contributed by atoms with van der Waals surface area (Å²) in [5.41, 5.74) is 2.12. The second-order valence-corrected chi connectivity index (χ2v) is 13.1. The summed E-state index contributed by atoms with van der Waals surface area (Å²) in [5.74, 6) is -1.90. The van der Waals surface area contributed by atoms with Gasteiger partial charge in [-0.1, -0.05) is 66.2 Å². The molecule has 3 aliphatic heterocycles. The molecular formula is C32H36ClN3O4S. The van der Waals surface area contributed by atoms with E-state index >= 15 is 0 Å². The molecule has 7 nitrogen and oxygen atoms in total. The SMILES string of the molecule is C=CCN(C)C(=O)[C@@H]1[C@@H]2CCC3(S2)C(C(=O)N(CC=C)c2c(C)cccc2Cl)N([C@H](CO)c2ccccc2)C(=O)[C@H]13. The number of rotatable bonds is 10. The standard InChI is InChI=1S/C32H36ClN3O4S/c1-5-17-34(4)29(38)25-24-15-16-32(41-24)26(25)30(39)36(23(19-37)21-12-8-7-9-13-21)28(32)31(40)35(18-6-2)27-20(3)11-10-14-22(27)33/h5-14,23-26,28,37H,1-2,15-19H2,3-4H3/t23-,24+,25-,26+,28?,32?/m1/s1. The van der Waals surface area contributed by atoms with Crippen LogP contribution in [0.3, 0.4) is 0 Å². The molecule has 3 saturated heterocycles. The molecule has 0 radical (unpaired) electrons. The van der Waals surface area contributed by atoms with E-state index in [1.54, 1.807) is 51.7 Å². The van der Waals surface area contributed by atoms with Crippen molar-refractivity contribution in [3.8, 4) is 0 Å². The second kappa shape index (κ2) is 11.7. The van der Waals surface area contributed by atoms with Crippen molar-refractivity contribution >= 4 is 46.8 Å². The molecule has 0 aliphatic carbocycles. The van der Waals surface area contributed by atoms with Crippen LogP contribution in [0.4, 0.5) is 5.69 Å². The van der Waals surface area contributed by atoms with Crippen molar-refractivity contribution in [2.75, 3.05) is 31.6 Å². The number of thioether (sulfide) groups is 1. The zero-order chi connectivity index (χ0) is 29.5. The number of benzene rings is 2. The minimum atomic E-state index is -0.912. The van der Waals surface area contributed by atoms with Gasteiger partial charge in [-0.3, -0.25) is 14.4 Å². The molecule has 2 aromatic carbocycles. The fraction of sp³-hybridized carbons (Fsp3) is 0.406. The number of carbonyl (C=O) groups is 3. The highest BCUT2D eigenvalue weighted by Crippen LogP contribution is 2.67. The molecule has 41 heavy (non-hydrogen) atoms. The van der Waals surface area contributed by atoms with Gasteiger partial charge in [0.05, 0.1) is 39.9 Å². The van der Waals surface area contributed by atoms with E-state index in [9.17, 15) is 19.5 Å². The minimum absolute atomic E-state index is 0.0691. The summed E-state index contributed by atoms with van der Waals surface area (Å²) in [5, 5.41) is 11.1. The zero-order valence-corrected chi connectivity index (χ0v) is 25.0. The van der Waals surface area contributed by atoms with Gasteiger partial charge >= 0.3 is 0 Å². The Balaban J connectivity index is 1.67. The second-order valence-electron chi connectivity index (χ2n) is 11.1. The molecule has 3 aliphatic rings. The van der Waals surface area contributed by atoms with E-state index in [2.05, 4.69) is 13.2 Å². The maximum absolute atomic E-state index is 14.9. The first-order valence-electron chi connectivity index (χ1n) is 13.9. The maximum Gasteiger partial charge on any atom is 0.251 e. The van der Waals surface area contributed by atoms with E-state index in [0.29, 0.717) is 23.7 Å². The van der Waals surface area contributed by atoms with E-state index in [0.717, 1.165) is 17.5 Å². The average molecular weight is 594 g/mol. The van der Waals surface area contributed by atoms with Crippen LogP contribution in [-0.4, -0.2) is 75.4 Å². The van der Waals surface area contributed by atoms with Crippen LogP contribution in [0.15, 0.2) is 73.8 Å². The molecule has 9 heteroatoms. The van der Waals surface area contributed by atoms with Crippen molar-refractivity contribution in [3.63, 3.8) is 0 Å². The van der Waals surface area contributed by atoms with Gasteiger partial charge in [-0.05, 0) is 37.0 Å². The van der Waals surface area contributed by atoms with E-state index in [4.69, 9.17) is 11.6 Å². The molecule has 216 valence electrons. The first kappa shape index (κ1) is 29.4. The third kappa shape index (κ3) is 4.70. The summed E-state index contributed by atoms with van der Waals surface area (Å²) in [7, 11) is 1.72. The number of fused-ring (bicyclic) bond motifs is 1. The van der Waals surface area contributed by atoms with Gasteiger partial charge in [0.2, 0.25) is 11.8 Å². The number of amides is 3. The van der Waals surface area contributed by atoms with Crippen LogP contribution in [0.1, 0.15) is 30.0 Å². The molecule has 0 aromatic heterocycles.